The number of rotatable bonds is 3. The number of nitrogens with one attached hydrogen (secondary N) is 1. The van der Waals surface area contributed by atoms with Crippen molar-refractivity contribution < 1.29 is 14.0 Å². The standard InChI is InChI=1S/C21H25FN2O2/c22-16-7-4-8-17(13-16)23-19(25)18-14-21(18)9-11-24(12-10-21)20(26)15-5-2-1-3-6-15/h4-5,7-8,13,18H,1-3,6,9-12,14H2,(H,23,25). The summed E-state index contributed by atoms with van der Waals surface area (Å²) in [5.74, 6) is -0.194. The maximum absolute atomic E-state index is 13.3. The highest BCUT2D eigenvalue weighted by atomic mass is 19.1. The molecule has 4 nitrogen and oxygen atoms in total. The molecular formula is C21H25FN2O2. The number of hydrogen-bond acceptors (Lipinski definition) is 2. The van der Waals surface area contributed by atoms with Crippen LogP contribution in [0.3, 0.4) is 0 Å². The van der Waals surface area contributed by atoms with Crippen molar-refractivity contribution in [2.45, 2.75) is 44.9 Å². The van der Waals surface area contributed by atoms with Crippen molar-refractivity contribution in [1.29, 1.82) is 0 Å². The topological polar surface area (TPSA) is 49.4 Å². The summed E-state index contributed by atoms with van der Waals surface area (Å²) in [6.45, 7) is 1.47. The number of nitrogens with zero attached hydrogens (tertiary/aromatic N) is 1. The maximum Gasteiger partial charge on any atom is 0.249 e. The van der Waals surface area contributed by atoms with E-state index < -0.39 is 0 Å². The lowest BCUT2D eigenvalue weighted by atomic mass is 9.89. The molecule has 0 aromatic heterocycles. The highest BCUT2D eigenvalue weighted by Crippen LogP contribution is 2.59. The Balaban J connectivity index is 1.31. The number of hydrogen-bond donors (Lipinski definition) is 1. The van der Waals surface area contributed by atoms with Crippen LogP contribution in [0.1, 0.15) is 44.9 Å². The van der Waals surface area contributed by atoms with Gasteiger partial charge in [-0.3, -0.25) is 9.59 Å². The number of anilines is 1. The Morgan fingerprint density at radius 2 is 2.00 bits per heavy atom. The molecule has 2 amide bonds. The van der Waals surface area contributed by atoms with Crippen LogP contribution >= 0.6 is 0 Å². The Morgan fingerprint density at radius 3 is 2.69 bits per heavy atom. The Hall–Kier alpha value is -2.17. The Labute approximate surface area is 153 Å². The lowest BCUT2D eigenvalue weighted by Gasteiger charge is -2.34. The normalized spacial score (nSPS) is 24.1. The number of halogens is 1. The molecule has 3 aliphatic rings. The van der Waals surface area contributed by atoms with E-state index in [2.05, 4.69) is 11.4 Å². The van der Waals surface area contributed by atoms with Gasteiger partial charge in [0.25, 0.3) is 0 Å². The van der Waals surface area contributed by atoms with Crippen LogP contribution in [0.2, 0.25) is 0 Å². The summed E-state index contributed by atoms with van der Waals surface area (Å²) < 4.78 is 13.3. The van der Waals surface area contributed by atoms with Crippen molar-refractivity contribution >= 4 is 17.5 Å². The molecule has 2 fully saturated rings. The van der Waals surface area contributed by atoms with E-state index >= 15 is 0 Å². The first-order valence-electron chi connectivity index (χ1n) is 9.62. The molecule has 1 aromatic rings. The number of carbonyl (C=O) groups is 2. The number of benzene rings is 1. The van der Waals surface area contributed by atoms with Gasteiger partial charge in [-0.05, 0) is 68.6 Å². The summed E-state index contributed by atoms with van der Waals surface area (Å²) >= 11 is 0. The first kappa shape index (κ1) is 17.3. The minimum Gasteiger partial charge on any atom is -0.339 e. The maximum atomic E-state index is 13.3. The molecule has 4 rings (SSSR count). The molecule has 1 aliphatic heterocycles. The molecule has 1 heterocycles. The van der Waals surface area contributed by atoms with Gasteiger partial charge in [0.2, 0.25) is 11.8 Å². The number of piperidine rings is 1. The summed E-state index contributed by atoms with van der Waals surface area (Å²) in [4.78, 5) is 27.1. The van der Waals surface area contributed by atoms with Crippen LogP contribution in [0, 0.1) is 17.2 Å². The van der Waals surface area contributed by atoms with Crippen molar-refractivity contribution in [1.82, 2.24) is 4.90 Å². The van der Waals surface area contributed by atoms with Crippen molar-refractivity contribution in [2.75, 3.05) is 18.4 Å². The van der Waals surface area contributed by atoms with E-state index in [0.717, 1.165) is 57.2 Å². The van der Waals surface area contributed by atoms with E-state index in [1.165, 1.54) is 18.6 Å². The van der Waals surface area contributed by atoms with Crippen molar-refractivity contribution in [2.24, 2.45) is 11.3 Å². The van der Waals surface area contributed by atoms with Gasteiger partial charge in [0.1, 0.15) is 5.82 Å². The molecule has 0 radical (unpaired) electrons. The molecule has 138 valence electrons. The summed E-state index contributed by atoms with van der Waals surface area (Å²) in [5.41, 5.74) is 1.52. The molecule has 1 saturated heterocycles. The predicted octanol–water partition coefficient (Wildman–Crippen LogP) is 3.89. The van der Waals surface area contributed by atoms with E-state index in [1.54, 1.807) is 12.1 Å². The molecule has 2 aliphatic carbocycles. The quantitative estimate of drug-likeness (QED) is 0.893. The third-order valence-electron chi connectivity index (χ3n) is 6.21. The third-order valence-corrected chi connectivity index (χ3v) is 6.21. The van der Waals surface area contributed by atoms with Gasteiger partial charge in [-0.2, -0.15) is 0 Å². The highest BCUT2D eigenvalue weighted by Gasteiger charge is 2.58. The molecule has 1 unspecified atom stereocenters. The third kappa shape index (κ3) is 3.39. The SMILES string of the molecule is O=C(Nc1cccc(F)c1)C1CC12CCN(C(=O)C1=CCCCC1)CC2. The monoisotopic (exact) mass is 356 g/mol. The van der Waals surface area contributed by atoms with Gasteiger partial charge in [-0.15, -0.1) is 0 Å². The second kappa shape index (κ2) is 6.86. The van der Waals surface area contributed by atoms with Gasteiger partial charge in [0, 0.05) is 30.3 Å². The predicted molar refractivity (Wildman–Crippen MR) is 97.9 cm³/mol. The first-order chi connectivity index (χ1) is 12.6. The number of amides is 2. The summed E-state index contributed by atoms with van der Waals surface area (Å²) in [6.07, 6.45) is 8.95. The second-order valence-corrected chi connectivity index (χ2v) is 7.89. The summed E-state index contributed by atoms with van der Waals surface area (Å²) in [7, 11) is 0. The minimum absolute atomic E-state index is 0.0167. The van der Waals surface area contributed by atoms with E-state index in [1.807, 2.05) is 4.90 Å². The Kier molecular flexibility index (Phi) is 4.55. The van der Waals surface area contributed by atoms with Gasteiger partial charge in [-0.1, -0.05) is 12.1 Å². The van der Waals surface area contributed by atoms with E-state index in [-0.39, 0.29) is 29.0 Å². The average Bonchev–Trinajstić information content (AvgIpc) is 3.36. The molecular weight excluding hydrogens is 331 g/mol. The first-order valence-corrected chi connectivity index (χ1v) is 9.62. The number of allylic oxidation sites excluding steroid dienone is 1. The molecule has 1 saturated carbocycles. The van der Waals surface area contributed by atoms with Crippen molar-refractivity contribution in [3.8, 4) is 0 Å². The van der Waals surface area contributed by atoms with E-state index in [0.29, 0.717) is 5.69 Å². The van der Waals surface area contributed by atoms with Gasteiger partial charge in [0.05, 0.1) is 0 Å². The van der Waals surface area contributed by atoms with Crippen molar-refractivity contribution in [3.05, 3.63) is 41.7 Å². The second-order valence-electron chi connectivity index (χ2n) is 7.89. The molecule has 1 aromatic carbocycles. The van der Waals surface area contributed by atoms with E-state index in [9.17, 15) is 14.0 Å². The summed E-state index contributed by atoms with van der Waals surface area (Å²) in [6, 6.07) is 6.00. The zero-order valence-electron chi connectivity index (χ0n) is 15.0. The molecule has 1 spiro atoms. The van der Waals surface area contributed by atoms with Gasteiger partial charge in [0.15, 0.2) is 0 Å². The smallest absolute Gasteiger partial charge is 0.249 e. The van der Waals surface area contributed by atoms with E-state index in [4.69, 9.17) is 0 Å². The number of carbonyl (C=O) groups excluding carboxylic acids is 2. The largest absolute Gasteiger partial charge is 0.339 e. The van der Waals surface area contributed by atoms with Gasteiger partial charge < -0.3 is 10.2 Å². The van der Waals surface area contributed by atoms with Gasteiger partial charge >= 0.3 is 0 Å². The van der Waals surface area contributed by atoms with Crippen molar-refractivity contribution in [3.63, 3.8) is 0 Å². The fourth-order valence-corrected chi connectivity index (χ4v) is 4.46. The molecule has 1 atom stereocenters. The fourth-order valence-electron chi connectivity index (χ4n) is 4.46. The molecule has 1 N–H and O–H groups in total. The van der Waals surface area contributed by atoms with Crippen LogP contribution in [-0.4, -0.2) is 29.8 Å². The molecule has 0 bridgehead atoms. The Morgan fingerprint density at radius 1 is 1.19 bits per heavy atom. The number of likely N-dealkylation sites (tertiary alicyclic amines) is 1. The molecule has 5 heteroatoms. The lowest BCUT2D eigenvalue weighted by Crippen LogP contribution is -2.41. The van der Waals surface area contributed by atoms with Crippen LogP contribution in [0.4, 0.5) is 10.1 Å². The minimum atomic E-state index is -0.350. The van der Waals surface area contributed by atoms with Crippen LogP contribution < -0.4 is 5.32 Å². The zero-order valence-corrected chi connectivity index (χ0v) is 15.0. The Bertz CT molecular complexity index is 750. The molecule has 26 heavy (non-hydrogen) atoms. The van der Waals surface area contributed by atoms with Crippen LogP contribution in [0.15, 0.2) is 35.9 Å². The van der Waals surface area contributed by atoms with Crippen LogP contribution in [0.5, 0.6) is 0 Å². The summed E-state index contributed by atoms with van der Waals surface area (Å²) in [5, 5.41) is 2.83. The zero-order chi connectivity index (χ0) is 18.1. The fraction of sp³-hybridized carbons (Fsp3) is 0.524. The highest BCUT2D eigenvalue weighted by molar-refractivity contribution is 5.95. The lowest BCUT2D eigenvalue weighted by molar-refractivity contribution is -0.129. The van der Waals surface area contributed by atoms with Gasteiger partial charge in [-0.25, -0.2) is 4.39 Å². The van der Waals surface area contributed by atoms with Crippen LogP contribution in [-0.2, 0) is 9.59 Å². The van der Waals surface area contributed by atoms with Crippen LogP contribution in [0.25, 0.3) is 0 Å². The average molecular weight is 356 g/mol.